The molecule has 0 unspecified atom stereocenters. The zero-order valence-electron chi connectivity index (χ0n) is 11.5. The van der Waals surface area contributed by atoms with Crippen molar-refractivity contribution in [1.82, 2.24) is 4.98 Å². The number of rotatable bonds is 2. The number of pyridine rings is 1. The van der Waals surface area contributed by atoms with Crippen molar-refractivity contribution >= 4 is 12.6 Å². The van der Waals surface area contributed by atoms with Crippen LogP contribution in [0.15, 0.2) is 85.2 Å². The minimum atomic E-state index is -1.34. The van der Waals surface area contributed by atoms with E-state index >= 15 is 0 Å². The molecule has 0 aliphatic heterocycles. The number of hydrogen-bond donors (Lipinski definition) is 2. The summed E-state index contributed by atoms with van der Waals surface area (Å²) < 4.78 is 0. The van der Waals surface area contributed by atoms with Crippen molar-refractivity contribution in [2.24, 2.45) is 0 Å². The lowest BCUT2D eigenvalue weighted by molar-refractivity contribution is 0.426. The summed E-state index contributed by atoms with van der Waals surface area (Å²) in [5, 5.41) is 17.2. The lowest BCUT2D eigenvalue weighted by Crippen LogP contribution is -2.29. The van der Waals surface area contributed by atoms with Crippen LogP contribution in [0.1, 0.15) is 0 Å². The van der Waals surface area contributed by atoms with Gasteiger partial charge in [-0.1, -0.05) is 66.7 Å². The topological polar surface area (TPSA) is 53.4 Å². The van der Waals surface area contributed by atoms with Gasteiger partial charge in [-0.15, -0.1) is 0 Å². The van der Waals surface area contributed by atoms with Gasteiger partial charge in [0.15, 0.2) is 0 Å². The molecule has 3 nitrogen and oxygen atoms in total. The van der Waals surface area contributed by atoms with Crippen LogP contribution >= 0.6 is 0 Å². The Morgan fingerprint density at radius 1 is 0.667 bits per heavy atom. The van der Waals surface area contributed by atoms with Gasteiger partial charge in [0.2, 0.25) is 0 Å². The van der Waals surface area contributed by atoms with Gasteiger partial charge in [0.1, 0.15) is 0 Å². The molecule has 3 aromatic rings. The predicted molar refractivity (Wildman–Crippen MR) is 85.9 cm³/mol. The highest BCUT2D eigenvalue weighted by Gasteiger charge is 2.07. The van der Waals surface area contributed by atoms with Gasteiger partial charge in [0.05, 0.1) is 0 Å². The van der Waals surface area contributed by atoms with E-state index < -0.39 is 7.12 Å². The highest BCUT2D eigenvalue weighted by molar-refractivity contribution is 6.58. The number of benzene rings is 2. The van der Waals surface area contributed by atoms with E-state index in [2.05, 4.69) is 23.2 Å². The molecule has 2 aromatic carbocycles. The van der Waals surface area contributed by atoms with Crippen LogP contribution in [0.2, 0.25) is 0 Å². The monoisotopic (exact) mass is 277 g/mol. The van der Waals surface area contributed by atoms with Crippen molar-refractivity contribution in [3.63, 3.8) is 0 Å². The van der Waals surface area contributed by atoms with Gasteiger partial charge < -0.3 is 10.0 Å². The van der Waals surface area contributed by atoms with Crippen LogP contribution in [0.5, 0.6) is 0 Å². The van der Waals surface area contributed by atoms with Crippen LogP contribution in [0.4, 0.5) is 0 Å². The summed E-state index contributed by atoms with van der Waals surface area (Å²) in [7, 11) is -1.34. The third-order valence-electron chi connectivity index (χ3n) is 2.87. The summed E-state index contributed by atoms with van der Waals surface area (Å²) in [6, 6.07) is 22.9. The second kappa shape index (κ2) is 7.99. The smallest absolute Gasteiger partial charge is 0.423 e. The first-order valence-electron chi connectivity index (χ1n) is 6.64. The number of nitrogens with zero attached hydrogens (tertiary/aromatic N) is 1. The molecule has 0 fully saturated rings. The van der Waals surface area contributed by atoms with Crippen molar-refractivity contribution < 1.29 is 10.0 Å². The molecule has 104 valence electrons. The van der Waals surface area contributed by atoms with E-state index in [1.54, 1.807) is 30.5 Å². The van der Waals surface area contributed by atoms with Gasteiger partial charge in [-0.3, -0.25) is 4.98 Å². The highest BCUT2D eigenvalue weighted by Crippen LogP contribution is 2.16. The summed E-state index contributed by atoms with van der Waals surface area (Å²) in [5.74, 6) is 0. The van der Waals surface area contributed by atoms with Crippen LogP contribution in [-0.4, -0.2) is 22.2 Å². The van der Waals surface area contributed by atoms with E-state index in [9.17, 15) is 0 Å². The molecule has 0 radical (unpaired) electrons. The van der Waals surface area contributed by atoms with Crippen LogP contribution in [-0.2, 0) is 0 Å². The van der Waals surface area contributed by atoms with E-state index in [0.717, 1.165) is 5.56 Å². The summed E-state index contributed by atoms with van der Waals surface area (Å²) in [4.78, 5) is 4.06. The molecule has 21 heavy (non-hydrogen) atoms. The first-order valence-corrected chi connectivity index (χ1v) is 6.64. The molecule has 2 N–H and O–H groups in total. The quantitative estimate of drug-likeness (QED) is 0.705. The van der Waals surface area contributed by atoms with Gasteiger partial charge >= 0.3 is 7.12 Å². The van der Waals surface area contributed by atoms with E-state index in [1.165, 1.54) is 5.56 Å². The maximum absolute atomic E-state index is 8.58. The Labute approximate surface area is 124 Å². The maximum Gasteiger partial charge on any atom is 0.488 e. The SMILES string of the molecule is OB(O)c1ccccc1.c1ccc(-c2cccnc2)cc1. The summed E-state index contributed by atoms with van der Waals surface area (Å²) >= 11 is 0. The largest absolute Gasteiger partial charge is 0.488 e. The maximum atomic E-state index is 8.58. The number of hydrogen-bond acceptors (Lipinski definition) is 3. The second-order valence-electron chi connectivity index (χ2n) is 4.39. The lowest BCUT2D eigenvalue weighted by Gasteiger charge is -1.97. The average Bonchev–Trinajstić information content (AvgIpc) is 2.58. The molecule has 0 bridgehead atoms. The van der Waals surface area contributed by atoms with Crippen molar-refractivity contribution in [2.75, 3.05) is 0 Å². The van der Waals surface area contributed by atoms with Crippen LogP contribution < -0.4 is 5.46 Å². The fourth-order valence-corrected chi connectivity index (χ4v) is 1.79. The van der Waals surface area contributed by atoms with E-state index in [0.29, 0.717) is 5.46 Å². The van der Waals surface area contributed by atoms with Crippen molar-refractivity contribution in [1.29, 1.82) is 0 Å². The second-order valence-corrected chi connectivity index (χ2v) is 4.39. The molecule has 0 aliphatic rings. The lowest BCUT2D eigenvalue weighted by atomic mass is 9.81. The summed E-state index contributed by atoms with van der Waals surface area (Å²) in [6.07, 6.45) is 3.65. The Morgan fingerprint density at radius 2 is 1.24 bits per heavy atom. The molecule has 0 spiro atoms. The molecular formula is C17H16BNO2. The van der Waals surface area contributed by atoms with Crippen LogP contribution in [0, 0.1) is 0 Å². The summed E-state index contributed by atoms with van der Waals surface area (Å²) in [5.41, 5.74) is 2.90. The first kappa shape index (κ1) is 15.0. The number of aromatic nitrogens is 1. The van der Waals surface area contributed by atoms with E-state index in [1.807, 2.05) is 36.5 Å². The van der Waals surface area contributed by atoms with Crippen molar-refractivity contribution in [3.05, 3.63) is 85.2 Å². The van der Waals surface area contributed by atoms with Gasteiger partial charge in [0.25, 0.3) is 0 Å². The highest BCUT2D eigenvalue weighted by atomic mass is 16.4. The fraction of sp³-hybridized carbons (Fsp3) is 0. The Hall–Kier alpha value is -2.43. The molecule has 0 aliphatic carbocycles. The molecule has 1 heterocycles. The van der Waals surface area contributed by atoms with E-state index in [4.69, 9.17) is 10.0 Å². The van der Waals surface area contributed by atoms with Gasteiger partial charge in [-0.05, 0) is 22.7 Å². The Balaban J connectivity index is 0.000000161. The van der Waals surface area contributed by atoms with Crippen molar-refractivity contribution in [3.8, 4) is 11.1 Å². The zero-order valence-corrected chi connectivity index (χ0v) is 11.5. The van der Waals surface area contributed by atoms with Crippen LogP contribution in [0.3, 0.4) is 0 Å². The fourth-order valence-electron chi connectivity index (χ4n) is 1.79. The molecule has 4 heteroatoms. The molecule has 0 saturated carbocycles. The molecule has 0 atom stereocenters. The standard InChI is InChI=1S/C11H9N.C6H7BO2/c1-2-5-10(6-3-1)11-7-4-8-12-9-11;8-7(9)6-4-2-1-3-5-6/h1-9H;1-5,8-9H. The molecule has 0 amide bonds. The predicted octanol–water partition coefficient (Wildman–Crippen LogP) is 2.11. The van der Waals surface area contributed by atoms with Crippen LogP contribution in [0.25, 0.3) is 11.1 Å². The third kappa shape index (κ3) is 4.87. The zero-order chi connectivity index (χ0) is 14.9. The van der Waals surface area contributed by atoms with Gasteiger partial charge in [0, 0.05) is 12.4 Å². The van der Waals surface area contributed by atoms with E-state index in [-0.39, 0.29) is 0 Å². The normalized spacial score (nSPS) is 9.43. The minimum absolute atomic E-state index is 0.525. The Morgan fingerprint density at radius 3 is 1.71 bits per heavy atom. The third-order valence-corrected chi connectivity index (χ3v) is 2.87. The summed E-state index contributed by atoms with van der Waals surface area (Å²) in [6.45, 7) is 0. The minimum Gasteiger partial charge on any atom is -0.423 e. The Bertz CT molecular complexity index is 593. The average molecular weight is 277 g/mol. The van der Waals surface area contributed by atoms with Crippen molar-refractivity contribution in [2.45, 2.75) is 0 Å². The molecular weight excluding hydrogens is 261 g/mol. The first-order chi connectivity index (χ1) is 10.3. The molecule has 1 aromatic heterocycles. The van der Waals surface area contributed by atoms with Gasteiger partial charge in [-0.25, -0.2) is 0 Å². The molecule has 3 rings (SSSR count). The molecule has 0 saturated heterocycles. The Kier molecular flexibility index (Phi) is 5.70. The van der Waals surface area contributed by atoms with Gasteiger partial charge in [-0.2, -0.15) is 0 Å².